The molecular weight excluding hydrogens is 288 g/mol. The first-order valence-electron chi connectivity index (χ1n) is 8.62. The fourth-order valence-corrected chi connectivity index (χ4v) is 3.19. The highest BCUT2D eigenvalue weighted by atomic mass is 16.1. The molecule has 2 rings (SSSR count). The van der Waals surface area contributed by atoms with Crippen LogP contribution in [0.1, 0.15) is 49.4 Å². The molecule has 1 aromatic rings. The maximum atomic E-state index is 12.0. The molecule has 1 aliphatic rings. The number of hydrogen-bond acceptors (Lipinski definition) is 3. The molecule has 0 bridgehead atoms. The Balaban J connectivity index is 1.62. The van der Waals surface area contributed by atoms with E-state index in [0.717, 1.165) is 37.9 Å². The van der Waals surface area contributed by atoms with E-state index >= 15 is 0 Å². The zero-order valence-corrected chi connectivity index (χ0v) is 14.3. The van der Waals surface area contributed by atoms with Crippen molar-refractivity contribution in [1.82, 2.24) is 10.2 Å². The number of amides is 1. The second-order valence-corrected chi connectivity index (χ2v) is 6.70. The van der Waals surface area contributed by atoms with Gasteiger partial charge in [-0.1, -0.05) is 37.3 Å². The van der Waals surface area contributed by atoms with E-state index < -0.39 is 0 Å². The van der Waals surface area contributed by atoms with Crippen LogP contribution < -0.4 is 5.32 Å². The van der Waals surface area contributed by atoms with Crippen LogP contribution in [0.5, 0.6) is 0 Å². The molecule has 0 spiro atoms. The van der Waals surface area contributed by atoms with E-state index in [-0.39, 0.29) is 11.7 Å². The van der Waals surface area contributed by atoms with Gasteiger partial charge in [0.2, 0.25) is 5.91 Å². The summed E-state index contributed by atoms with van der Waals surface area (Å²) in [5.74, 6) is 0.783. The normalized spacial score (nSPS) is 21.8. The van der Waals surface area contributed by atoms with Crippen molar-refractivity contribution in [1.29, 1.82) is 0 Å². The predicted molar refractivity (Wildman–Crippen MR) is 92.4 cm³/mol. The average molecular weight is 316 g/mol. The van der Waals surface area contributed by atoms with Gasteiger partial charge in [0.1, 0.15) is 0 Å². The van der Waals surface area contributed by atoms with Gasteiger partial charge in [0.25, 0.3) is 0 Å². The summed E-state index contributed by atoms with van der Waals surface area (Å²) < 4.78 is 0. The number of carbonyl (C=O) groups is 2. The molecule has 4 heteroatoms. The van der Waals surface area contributed by atoms with Crippen LogP contribution in [0.15, 0.2) is 30.3 Å². The lowest BCUT2D eigenvalue weighted by Gasteiger charge is -2.35. The lowest BCUT2D eigenvalue weighted by atomic mass is 9.94. The molecule has 1 heterocycles. The van der Waals surface area contributed by atoms with Crippen molar-refractivity contribution in [3.8, 4) is 0 Å². The molecule has 0 unspecified atom stereocenters. The van der Waals surface area contributed by atoms with Crippen LogP contribution in [-0.4, -0.2) is 42.8 Å². The van der Waals surface area contributed by atoms with Crippen LogP contribution in [0, 0.1) is 5.92 Å². The van der Waals surface area contributed by atoms with Gasteiger partial charge in [-0.2, -0.15) is 0 Å². The standard InChI is InChI=1S/C19H28N2O2/c1-15-14-21(2)13-12-17(15)20-19(23)11-7-6-10-18(22)16-8-4-3-5-9-16/h3-5,8-9,15,17H,6-7,10-14H2,1-2H3,(H,20,23)/t15-,17-/m0/s1. The smallest absolute Gasteiger partial charge is 0.220 e. The highest BCUT2D eigenvalue weighted by Gasteiger charge is 2.25. The zero-order chi connectivity index (χ0) is 16.7. The lowest BCUT2D eigenvalue weighted by molar-refractivity contribution is -0.122. The van der Waals surface area contributed by atoms with Gasteiger partial charge >= 0.3 is 0 Å². The van der Waals surface area contributed by atoms with Crippen molar-refractivity contribution in [3.63, 3.8) is 0 Å². The molecule has 1 saturated heterocycles. The summed E-state index contributed by atoms with van der Waals surface area (Å²) >= 11 is 0. The van der Waals surface area contributed by atoms with Gasteiger partial charge in [0.05, 0.1) is 0 Å². The van der Waals surface area contributed by atoms with Crippen LogP contribution in [-0.2, 0) is 4.79 Å². The zero-order valence-electron chi connectivity index (χ0n) is 14.3. The van der Waals surface area contributed by atoms with E-state index in [0.29, 0.717) is 24.8 Å². The van der Waals surface area contributed by atoms with Crippen LogP contribution in [0.2, 0.25) is 0 Å². The molecule has 2 atom stereocenters. The molecule has 1 amide bonds. The van der Waals surface area contributed by atoms with Crippen molar-refractivity contribution >= 4 is 11.7 Å². The molecule has 126 valence electrons. The second-order valence-electron chi connectivity index (χ2n) is 6.70. The van der Waals surface area contributed by atoms with Gasteiger partial charge in [-0.25, -0.2) is 0 Å². The molecular formula is C19H28N2O2. The summed E-state index contributed by atoms with van der Waals surface area (Å²) in [7, 11) is 2.12. The van der Waals surface area contributed by atoms with Crippen LogP contribution >= 0.6 is 0 Å². The van der Waals surface area contributed by atoms with Crippen molar-refractivity contribution < 1.29 is 9.59 Å². The average Bonchev–Trinajstić information content (AvgIpc) is 2.55. The van der Waals surface area contributed by atoms with Gasteiger partial charge in [-0.3, -0.25) is 9.59 Å². The number of nitrogens with zero attached hydrogens (tertiary/aromatic N) is 1. The largest absolute Gasteiger partial charge is 0.353 e. The molecule has 0 radical (unpaired) electrons. The third-order valence-electron chi connectivity index (χ3n) is 4.61. The van der Waals surface area contributed by atoms with E-state index in [1.807, 2.05) is 30.3 Å². The molecule has 1 aliphatic heterocycles. The van der Waals surface area contributed by atoms with Crippen LogP contribution in [0.3, 0.4) is 0 Å². The van der Waals surface area contributed by atoms with Crippen molar-refractivity contribution in [2.45, 2.75) is 45.1 Å². The first-order chi connectivity index (χ1) is 11.1. The minimum Gasteiger partial charge on any atom is -0.353 e. The summed E-state index contributed by atoms with van der Waals surface area (Å²) in [6.45, 7) is 4.27. The minimum atomic E-state index is 0.124. The molecule has 4 nitrogen and oxygen atoms in total. The van der Waals surface area contributed by atoms with Gasteiger partial charge in [-0.05, 0) is 38.8 Å². The van der Waals surface area contributed by atoms with Crippen molar-refractivity contribution in [3.05, 3.63) is 35.9 Å². The molecule has 23 heavy (non-hydrogen) atoms. The summed E-state index contributed by atoms with van der Waals surface area (Å²) in [6, 6.07) is 9.65. The number of rotatable bonds is 7. The van der Waals surface area contributed by atoms with Gasteiger partial charge in [0, 0.05) is 31.0 Å². The Bertz CT molecular complexity index is 515. The third kappa shape index (κ3) is 5.79. The van der Waals surface area contributed by atoms with E-state index in [1.165, 1.54) is 0 Å². The number of unbranched alkanes of at least 4 members (excludes halogenated alkanes) is 1. The second kappa shape index (κ2) is 8.82. The molecule has 0 saturated carbocycles. The number of hydrogen-bond donors (Lipinski definition) is 1. The SMILES string of the molecule is C[C@H]1CN(C)CC[C@@H]1NC(=O)CCCCC(=O)c1ccccc1. The number of carbonyl (C=O) groups excluding carboxylic acids is 2. The van der Waals surface area contributed by atoms with Crippen molar-refractivity contribution in [2.75, 3.05) is 20.1 Å². The summed E-state index contributed by atoms with van der Waals surface area (Å²) in [4.78, 5) is 26.3. The Morgan fingerprint density at radius 1 is 1.17 bits per heavy atom. The quantitative estimate of drug-likeness (QED) is 0.621. The van der Waals surface area contributed by atoms with Crippen LogP contribution in [0.4, 0.5) is 0 Å². The summed E-state index contributed by atoms with van der Waals surface area (Å²) in [5, 5.41) is 3.16. The monoisotopic (exact) mass is 316 g/mol. The van der Waals surface area contributed by atoms with Gasteiger partial charge in [0.15, 0.2) is 5.78 Å². The molecule has 1 N–H and O–H groups in total. The topological polar surface area (TPSA) is 49.4 Å². The number of nitrogens with one attached hydrogen (secondary N) is 1. The summed E-state index contributed by atoms with van der Waals surface area (Å²) in [6.07, 6.45) is 3.59. The van der Waals surface area contributed by atoms with E-state index in [9.17, 15) is 9.59 Å². The van der Waals surface area contributed by atoms with E-state index in [1.54, 1.807) is 0 Å². The fraction of sp³-hybridized carbons (Fsp3) is 0.579. The Morgan fingerprint density at radius 3 is 2.57 bits per heavy atom. The molecule has 0 aromatic heterocycles. The Kier molecular flexibility index (Phi) is 6.78. The van der Waals surface area contributed by atoms with E-state index in [4.69, 9.17) is 0 Å². The number of benzene rings is 1. The lowest BCUT2D eigenvalue weighted by Crippen LogP contribution is -2.48. The number of ketones is 1. The molecule has 1 aromatic carbocycles. The van der Waals surface area contributed by atoms with Gasteiger partial charge < -0.3 is 10.2 Å². The molecule has 1 fully saturated rings. The summed E-state index contributed by atoms with van der Waals surface area (Å²) in [5.41, 5.74) is 0.761. The highest BCUT2D eigenvalue weighted by Crippen LogP contribution is 2.16. The predicted octanol–water partition coefficient (Wildman–Crippen LogP) is 2.89. The third-order valence-corrected chi connectivity index (χ3v) is 4.61. The molecule has 0 aliphatic carbocycles. The first-order valence-corrected chi connectivity index (χ1v) is 8.62. The van der Waals surface area contributed by atoms with Crippen molar-refractivity contribution in [2.24, 2.45) is 5.92 Å². The maximum absolute atomic E-state index is 12.0. The Hall–Kier alpha value is -1.68. The number of likely N-dealkylation sites (tertiary alicyclic amines) is 1. The van der Waals surface area contributed by atoms with E-state index in [2.05, 4.69) is 24.2 Å². The maximum Gasteiger partial charge on any atom is 0.220 e. The number of Topliss-reactive ketones (excluding diaryl/α,β-unsaturated/α-hetero) is 1. The minimum absolute atomic E-state index is 0.124. The Morgan fingerprint density at radius 2 is 1.87 bits per heavy atom. The fourth-order valence-electron chi connectivity index (χ4n) is 3.19. The Labute approximate surface area is 139 Å². The highest BCUT2D eigenvalue weighted by molar-refractivity contribution is 5.95. The number of piperidine rings is 1. The van der Waals surface area contributed by atoms with Crippen LogP contribution in [0.25, 0.3) is 0 Å². The first kappa shape index (κ1) is 17.7. The van der Waals surface area contributed by atoms with Gasteiger partial charge in [-0.15, -0.1) is 0 Å².